The van der Waals surface area contributed by atoms with Crippen LogP contribution in [-0.4, -0.2) is 64.3 Å². The fourth-order valence-corrected chi connectivity index (χ4v) is 5.58. The lowest BCUT2D eigenvalue weighted by atomic mass is 10.0. The molecule has 2 bridgehead atoms. The van der Waals surface area contributed by atoms with E-state index in [9.17, 15) is 14.4 Å². The maximum Gasteiger partial charge on any atom is 0.255 e. The Kier molecular flexibility index (Phi) is 4.23. The van der Waals surface area contributed by atoms with Crippen LogP contribution in [0.15, 0.2) is 12.1 Å². The Morgan fingerprint density at radius 2 is 1.83 bits per heavy atom. The van der Waals surface area contributed by atoms with E-state index >= 15 is 4.39 Å². The topological polar surface area (TPSA) is 73.0 Å². The van der Waals surface area contributed by atoms with Crippen LogP contribution in [-0.2, 0) is 16.1 Å². The minimum atomic E-state index is -0.683. The minimum absolute atomic E-state index is 0.0941. The van der Waals surface area contributed by atoms with Gasteiger partial charge in [-0.15, -0.1) is 0 Å². The summed E-state index contributed by atoms with van der Waals surface area (Å²) in [6.45, 7) is 8.59. The van der Waals surface area contributed by atoms with Crippen molar-refractivity contribution >= 4 is 23.4 Å². The maximum absolute atomic E-state index is 15.1. The maximum atomic E-state index is 15.1. The van der Waals surface area contributed by atoms with Gasteiger partial charge in [0.15, 0.2) is 0 Å². The number of carbonyl (C=O) groups excluding carboxylic acids is 3. The smallest absolute Gasteiger partial charge is 0.255 e. The van der Waals surface area contributed by atoms with Crippen molar-refractivity contribution in [1.82, 2.24) is 15.1 Å². The third-order valence-corrected chi connectivity index (χ3v) is 7.00. The molecule has 8 heteroatoms. The van der Waals surface area contributed by atoms with Gasteiger partial charge in [0.25, 0.3) is 5.91 Å². The number of piperazine rings is 1. The van der Waals surface area contributed by atoms with Gasteiger partial charge in [-0.2, -0.15) is 0 Å². The molecule has 1 aromatic carbocycles. The Labute approximate surface area is 175 Å². The first-order chi connectivity index (χ1) is 14.1. The third-order valence-electron chi connectivity index (χ3n) is 7.00. The molecule has 4 heterocycles. The predicted molar refractivity (Wildman–Crippen MR) is 108 cm³/mol. The van der Waals surface area contributed by atoms with E-state index in [0.717, 1.165) is 25.1 Å². The molecule has 4 aliphatic heterocycles. The van der Waals surface area contributed by atoms with Gasteiger partial charge >= 0.3 is 0 Å². The van der Waals surface area contributed by atoms with E-state index < -0.39 is 11.9 Å². The summed E-state index contributed by atoms with van der Waals surface area (Å²) in [5.74, 6) is -1.50. The van der Waals surface area contributed by atoms with Crippen LogP contribution in [0.25, 0.3) is 0 Å². The van der Waals surface area contributed by atoms with Crippen LogP contribution in [0.2, 0.25) is 0 Å². The number of likely N-dealkylation sites (tertiary alicyclic amines) is 1. The van der Waals surface area contributed by atoms with Crippen LogP contribution in [0.4, 0.5) is 10.1 Å². The van der Waals surface area contributed by atoms with Crippen molar-refractivity contribution in [2.24, 2.45) is 0 Å². The highest BCUT2D eigenvalue weighted by atomic mass is 19.1. The fourth-order valence-electron chi connectivity index (χ4n) is 5.58. The Morgan fingerprint density at radius 3 is 2.47 bits per heavy atom. The molecule has 3 saturated heterocycles. The van der Waals surface area contributed by atoms with Crippen molar-refractivity contribution in [2.45, 2.75) is 70.2 Å². The molecular weight excluding hydrogens is 387 g/mol. The zero-order valence-corrected chi connectivity index (χ0v) is 17.6. The van der Waals surface area contributed by atoms with Crippen LogP contribution in [0.3, 0.4) is 0 Å². The Hall–Kier alpha value is -2.48. The SMILES string of the molecule is CC(C)(C)N1CC2CC1CN2c1cc2c(cc1F)C(=O)N(C1CCC(=O)NC1=O)C2. The van der Waals surface area contributed by atoms with E-state index in [4.69, 9.17) is 0 Å². The molecule has 0 aromatic heterocycles. The number of hydrogen-bond acceptors (Lipinski definition) is 5. The van der Waals surface area contributed by atoms with Gasteiger partial charge in [-0.1, -0.05) is 0 Å². The second kappa shape index (κ2) is 6.51. The zero-order valence-electron chi connectivity index (χ0n) is 17.6. The van der Waals surface area contributed by atoms with Gasteiger partial charge in [0, 0.05) is 49.2 Å². The average molecular weight is 414 g/mol. The quantitative estimate of drug-likeness (QED) is 0.745. The standard InChI is InChI=1S/C22H27FN4O3/c1-22(2,3)27-11-13-7-14(27)10-25(13)18-6-12-9-26(21(30)15(12)8-16(18)23)17-4-5-19(28)24-20(17)29/h6,8,13-14,17H,4-5,7,9-11H2,1-3H3,(H,24,28,29). The number of nitrogens with zero attached hydrogens (tertiary/aromatic N) is 3. The second-order valence-corrected chi connectivity index (χ2v) is 9.88. The Bertz CT molecular complexity index is 956. The highest BCUT2D eigenvalue weighted by molar-refractivity contribution is 6.05. The van der Waals surface area contributed by atoms with Crippen LogP contribution in [0.5, 0.6) is 0 Å². The predicted octanol–water partition coefficient (Wildman–Crippen LogP) is 1.65. The van der Waals surface area contributed by atoms with Gasteiger partial charge in [-0.3, -0.25) is 24.6 Å². The molecule has 4 aliphatic rings. The van der Waals surface area contributed by atoms with Crippen LogP contribution >= 0.6 is 0 Å². The van der Waals surface area contributed by atoms with Gasteiger partial charge in [-0.25, -0.2) is 4.39 Å². The lowest BCUT2D eigenvalue weighted by Gasteiger charge is -2.42. The van der Waals surface area contributed by atoms with Crippen molar-refractivity contribution in [2.75, 3.05) is 18.0 Å². The van der Waals surface area contributed by atoms with E-state index in [2.05, 4.69) is 35.9 Å². The highest BCUT2D eigenvalue weighted by Gasteiger charge is 2.48. The largest absolute Gasteiger partial charge is 0.363 e. The van der Waals surface area contributed by atoms with Gasteiger partial charge in [0.2, 0.25) is 11.8 Å². The number of carbonyl (C=O) groups is 3. The molecule has 5 rings (SSSR count). The van der Waals surface area contributed by atoms with Crippen LogP contribution in [0, 0.1) is 5.82 Å². The summed E-state index contributed by atoms with van der Waals surface area (Å²) in [4.78, 5) is 42.6. The lowest BCUT2D eigenvalue weighted by Crippen LogP contribution is -2.53. The zero-order chi connectivity index (χ0) is 21.4. The third kappa shape index (κ3) is 2.92. The summed E-state index contributed by atoms with van der Waals surface area (Å²) in [6.07, 6.45) is 1.53. The summed E-state index contributed by atoms with van der Waals surface area (Å²) >= 11 is 0. The normalized spacial score (nSPS) is 29.1. The number of benzene rings is 1. The molecule has 0 aliphatic carbocycles. The van der Waals surface area contributed by atoms with Gasteiger partial charge in [0.1, 0.15) is 11.9 Å². The second-order valence-electron chi connectivity index (χ2n) is 9.88. The Balaban J connectivity index is 1.38. The number of halogens is 1. The number of amides is 3. The molecule has 1 aromatic rings. The number of hydrogen-bond donors (Lipinski definition) is 1. The molecule has 0 spiro atoms. The summed E-state index contributed by atoms with van der Waals surface area (Å²) < 4.78 is 15.1. The molecule has 3 atom stereocenters. The lowest BCUT2D eigenvalue weighted by molar-refractivity contribution is -0.136. The molecule has 160 valence electrons. The van der Waals surface area contributed by atoms with E-state index in [1.807, 2.05) is 0 Å². The number of fused-ring (bicyclic) bond motifs is 3. The molecule has 3 fully saturated rings. The molecule has 0 saturated carbocycles. The van der Waals surface area contributed by atoms with Crippen molar-refractivity contribution in [1.29, 1.82) is 0 Å². The molecule has 3 unspecified atom stereocenters. The monoisotopic (exact) mass is 414 g/mol. The minimum Gasteiger partial charge on any atom is -0.363 e. The molecular formula is C22H27FN4O3. The van der Waals surface area contributed by atoms with E-state index in [1.54, 1.807) is 6.07 Å². The molecule has 1 N–H and O–H groups in total. The average Bonchev–Trinajstić information content (AvgIpc) is 3.34. The van der Waals surface area contributed by atoms with Crippen molar-refractivity contribution in [3.05, 3.63) is 29.1 Å². The number of nitrogens with one attached hydrogen (secondary N) is 1. The molecule has 30 heavy (non-hydrogen) atoms. The van der Waals surface area contributed by atoms with E-state index in [1.165, 1.54) is 11.0 Å². The van der Waals surface area contributed by atoms with Crippen molar-refractivity contribution in [3.8, 4) is 0 Å². The number of anilines is 1. The molecule has 0 radical (unpaired) electrons. The Morgan fingerprint density at radius 1 is 1.07 bits per heavy atom. The molecule has 3 amide bonds. The summed E-state index contributed by atoms with van der Waals surface area (Å²) in [6, 6.07) is 3.11. The highest BCUT2D eigenvalue weighted by Crippen LogP contribution is 2.41. The first-order valence-electron chi connectivity index (χ1n) is 10.6. The van der Waals surface area contributed by atoms with Crippen molar-refractivity contribution < 1.29 is 18.8 Å². The van der Waals surface area contributed by atoms with E-state index in [0.29, 0.717) is 23.7 Å². The summed E-state index contributed by atoms with van der Waals surface area (Å²) in [5, 5.41) is 2.30. The van der Waals surface area contributed by atoms with Gasteiger partial charge in [0.05, 0.1) is 5.69 Å². The number of piperidine rings is 1. The first kappa shape index (κ1) is 19.5. The van der Waals surface area contributed by atoms with Crippen LogP contribution < -0.4 is 10.2 Å². The van der Waals surface area contributed by atoms with Crippen molar-refractivity contribution in [3.63, 3.8) is 0 Å². The number of imide groups is 1. The first-order valence-corrected chi connectivity index (χ1v) is 10.6. The number of rotatable bonds is 2. The van der Waals surface area contributed by atoms with Gasteiger partial charge < -0.3 is 9.80 Å². The molecule has 7 nitrogen and oxygen atoms in total. The summed E-state index contributed by atoms with van der Waals surface area (Å²) in [5.41, 5.74) is 1.71. The van der Waals surface area contributed by atoms with Crippen LogP contribution in [0.1, 0.15) is 56.0 Å². The fraction of sp³-hybridized carbons (Fsp3) is 0.591. The summed E-state index contributed by atoms with van der Waals surface area (Å²) in [7, 11) is 0. The van der Waals surface area contributed by atoms with Gasteiger partial charge in [-0.05, 0) is 51.3 Å². The van der Waals surface area contributed by atoms with E-state index in [-0.39, 0.29) is 42.2 Å².